The summed E-state index contributed by atoms with van der Waals surface area (Å²) in [6, 6.07) is 7.79. The van der Waals surface area contributed by atoms with E-state index in [0.717, 1.165) is 17.7 Å². The SMILES string of the molecule is COc1ccc(COC2CCC(=O)C2)cc1. The lowest BCUT2D eigenvalue weighted by Crippen LogP contribution is -2.08. The first-order valence-electron chi connectivity index (χ1n) is 5.54. The third-order valence-electron chi connectivity index (χ3n) is 2.85. The van der Waals surface area contributed by atoms with Crippen LogP contribution in [0.1, 0.15) is 24.8 Å². The number of carbonyl (C=O) groups is 1. The van der Waals surface area contributed by atoms with Gasteiger partial charge in [-0.2, -0.15) is 0 Å². The van der Waals surface area contributed by atoms with Crippen LogP contribution in [0.5, 0.6) is 5.75 Å². The van der Waals surface area contributed by atoms with Crippen LogP contribution in [0, 0.1) is 0 Å². The number of benzene rings is 1. The predicted octanol–water partition coefficient (Wildman–Crippen LogP) is 2.33. The first-order valence-corrected chi connectivity index (χ1v) is 5.54. The Labute approximate surface area is 95.4 Å². The quantitative estimate of drug-likeness (QED) is 0.781. The second kappa shape index (κ2) is 5.12. The highest BCUT2D eigenvalue weighted by Gasteiger charge is 2.22. The summed E-state index contributed by atoms with van der Waals surface area (Å²) in [5.41, 5.74) is 1.11. The molecule has 0 aliphatic heterocycles. The molecule has 3 heteroatoms. The van der Waals surface area contributed by atoms with Crippen molar-refractivity contribution in [1.82, 2.24) is 0 Å². The number of carbonyl (C=O) groups excluding carboxylic acids is 1. The standard InChI is InChI=1S/C13H16O3/c1-15-12-5-2-10(3-6-12)9-16-13-7-4-11(14)8-13/h2-3,5-6,13H,4,7-9H2,1H3. The van der Waals surface area contributed by atoms with Gasteiger partial charge < -0.3 is 9.47 Å². The van der Waals surface area contributed by atoms with Gasteiger partial charge in [0.1, 0.15) is 11.5 Å². The van der Waals surface area contributed by atoms with Crippen molar-refractivity contribution in [3.8, 4) is 5.75 Å². The Kier molecular flexibility index (Phi) is 3.57. The number of ketones is 1. The van der Waals surface area contributed by atoms with Crippen molar-refractivity contribution in [2.45, 2.75) is 32.0 Å². The molecule has 1 aliphatic rings. The minimum absolute atomic E-state index is 0.120. The molecule has 0 N–H and O–H groups in total. The van der Waals surface area contributed by atoms with E-state index >= 15 is 0 Å². The Morgan fingerprint density at radius 2 is 2.06 bits per heavy atom. The molecule has 0 aromatic heterocycles. The number of hydrogen-bond donors (Lipinski definition) is 0. The minimum Gasteiger partial charge on any atom is -0.497 e. The summed E-state index contributed by atoms with van der Waals surface area (Å²) in [4.78, 5) is 11.1. The van der Waals surface area contributed by atoms with Crippen molar-refractivity contribution in [2.24, 2.45) is 0 Å². The van der Waals surface area contributed by atoms with Gasteiger partial charge in [-0.3, -0.25) is 4.79 Å². The normalized spacial score (nSPS) is 20.1. The fourth-order valence-corrected chi connectivity index (χ4v) is 1.86. The maximum Gasteiger partial charge on any atom is 0.135 e. The fourth-order valence-electron chi connectivity index (χ4n) is 1.86. The van der Waals surface area contributed by atoms with E-state index in [9.17, 15) is 4.79 Å². The highest BCUT2D eigenvalue weighted by Crippen LogP contribution is 2.20. The first-order chi connectivity index (χ1) is 7.78. The van der Waals surface area contributed by atoms with Gasteiger partial charge in [0, 0.05) is 12.8 Å². The molecule has 1 atom stereocenters. The number of rotatable bonds is 4. The van der Waals surface area contributed by atoms with E-state index in [1.54, 1.807) is 7.11 Å². The van der Waals surface area contributed by atoms with Crippen LogP contribution in [0.15, 0.2) is 24.3 Å². The Balaban J connectivity index is 1.82. The summed E-state index contributed by atoms with van der Waals surface area (Å²) in [5, 5.41) is 0. The molecular weight excluding hydrogens is 204 g/mol. The molecule has 16 heavy (non-hydrogen) atoms. The molecule has 0 amide bonds. The monoisotopic (exact) mass is 220 g/mol. The van der Waals surface area contributed by atoms with E-state index in [4.69, 9.17) is 9.47 Å². The average molecular weight is 220 g/mol. The van der Waals surface area contributed by atoms with Gasteiger partial charge in [0.15, 0.2) is 0 Å². The molecule has 2 rings (SSSR count). The van der Waals surface area contributed by atoms with Gasteiger partial charge in [0.05, 0.1) is 19.8 Å². The Bertz CT molecular complexity index is 356. The van der Waals surface area contributed by atoms with Crippen LogP contribution in [0.3, 0.4) is 0 Å². The van der Waals surface area contributed by atoms with E-state index < -0.39 is 0 Å². The van der Waals surface area contributed by atoms with Crippen molar-refractivity contribution in [2.75, 3.05) is 7.11 Å². The summed E-state index contributed by atoms with van der Waals surface area (Å²) in [6.45, 7) is 0.571. The number of methoxy groups -OCH3 is 1. The van der Waals surface area contributed by atoms with Crippen molar-refractivity contribution in [3.63, 3.8) is 0 Å². The fraction of sp³-hybridized carbons (Fsp3) is 0.462. The highest BCUT2D eigenvalue weighted by atomic mass is 16.5. The van der Waals surface area contributed by atoms with E-state index in [-0.39, 0.29) is 6.10 Å². The van der Waals surface area contributed by atoms with Crippen LogP contribution >= 0.6 is 0 Å². The molecule has 86 valence electrons. The molecular formula is C13H16O3. The second-order valence-corrected chi connectivity index (χ2v) is 4.06. The Morgan fingerprint density at radius 1 is 1.31 bits per heavy atom. The number of Topliss-reactive ketones (excluding diaryl/α,β-unsaturated/α-hetero) is 1. The lowest BCUT2D eigenvalue weighted by Gasteiger charge is -2.10. The van der Waals surface area contributed by atoms with Crippen molar-refractivity contribution in [3.05, 3.63) is 29.8 Å². The zero-order chi connectivity index (χ0) is 11.4. The second-order valence-electron chi connectivity index (χ2n) is 4.06. The summed E-state index contributed by atoms with van der Waals surface area (Å²) in [6.07, 6.45) is 2.24. The summed E-state index contributed by atoms with van der Waals surface area (Å²) in [7, 11) is 1.65. The molecule has 1 aromatic rings. The number of hydrogen-bond acceptors (Lipinski definition) is 3. The van der Waals surface area contributed by atoms with Crippen LogP contribution in [0.4, 0.5) is 0 Å². The molecule has 1 saturated carbocycles. The third-order valence-corrected chi connectivity index (χ3v) is 2.85. The van der Waals surface area contributed by atoms with Crippen LogP contribution in [-0.4, -0.2) is 19.0 Å². The molecule has 0 heterocycles. The molecule has 1 aromatic carbocycles. The van der Waals surface area contributed by atoms with Crippen LogP contribution in [-0.2, 0) is 16.1 Å². The van der Waals surface area contributed by atoms with Crippen LogP contribution in [0.2, 0.25) is 0 Å². The lowest BCUT2D eigenvalue weighted by atomic mass is 10.2. The lowest BCUT2D eigenvalue weighted by molar-refractivity contribution is -0.118. The van der Waals surface area contributed by atoms with Crippen molar-refractivity contribution < 1.29 is 14.3 Å². The van der Waals surface area contributed by atoms with Gasteiger partial charge in [-0.15, -0.1) is 0 Å². The van der Waals surface area contributed by atoms with Gasteiger partial charge in [-0.1, -0.05) is 12.1 Å². The summed E-state index contributed by atoms with van der Waals surface area (Å²) in [5.74, 6) is 1.17. The van der Waals surface area contributed by atoms with Crippen molar-refractivity contribution >= 4 is 5.78 Å². The van der Waals surface area contributed by atoms with E-state index in [1.165, 1.54) is 0 Å². The van der Waals surface area contributed by atoms with Gasteiger partial charge in [-0.25, -0.2) is 0 Å². The largest absolute Gasteiger partial charge is 0.497 e. The third kappa shape index (κ3) is 2.83. The average Bonchev–Trinajstić information content (AvgIpc) is 2.73. The predicted molar refractivity (Wildman–Crippen MR) is 60.4 cm³/mol. The zero-order valence-corrected chi connectivity index (χ0v) is 9.44. The van der Waals surface area contributed by atoms with Crippen LogP contribution in [0.25, 0.3) is 0 Å². The maximum absolute atomic E-state index is 11.1. The van der Waals surface area contributed by atoms with E-state index in [0.29, 0.717) is 25.2 Å². The summed E-state index contributed by atoms with van der Waals surface area (Å²) < 4.78 is 10.7. The summed E-state index contributed by atoms with van der Waals surface area (Å²) >= 11 is 0. The zero-order valence-electron chi connectivity index (χ0n) is 9.44. The van der Waals surface area contributed by atoms with Gasteiger partial charge in [0.25, 0.3) is 0 Å². The molecule has 0 bridgehead atoms. The topological polar surface area (TPSA) is 35.5 Å². The maximum atomic E-state index is 11.1. The Morgan fingerprint density at radius 3 is 2.62 bits per heavy atom. The molecule has 1 unspecified atom stereocenters. The van der Waals surface area contributed by atoms with Crippen molar-refractivity contribution in [1.29, 1.82) is 0 Å². The number of ether oxygens (including phenoxy) is 2. The molecule has 1 aliphatic carbocycles. The van der Waals surface area contributed by atoms with Gasteiger partial charge in [-0.05, 0) is 24.1 Å². The Hall–Kier alpha value is -1.35. The molecule has 0 saturated heterocycles. The van der Waals surface area contributed by atoms with Gasteiger partial charge >= 0.3 is 0 Å². The van der Waals surface area contributed by atoms with E-state index in [2.05, 4.69) is 0 Å². The molecule has 3 nitrogen and oxygen atoms in total. The highest BCUT2D eigenvalue weighted by molar-refractivity contribution is 5.81. The van der Waals surface area contributed by atoms with Crippen LogP contribution < -0.4 is 4.74 Å². The minimum atomic E-state index is 0.120. The van der Waals surface area contributed by atoms with Gasteiger partial charge in [0.2, 0.25) is 0 Å². The molecule has 1 fully saturated rings. The molecule has 0 radical (unpaired) electrons. The first kappa shape index (κ1) is 11.1. The smallest absolute Gasteiger partial charge is 0.135 e. The van der Waals surface area contributed by atoms with E-state index in [1.807, 2.05) is 24.3 Å². The molecule has 0 spiro atoms.